The molecule has 0 aliphatic carbocycles. The van der Waals surface area contributed by atoms with Gasteiger partial charge in [0.1, 0.15) is 5.69 Å². The monoisotopic (exact) mass is 361 g/mol. The highest BCUT2D eigenvalue weighted by molar-refractivity contribution is 5.82. The van der Waals surface area contributed by atoms with Crippen LogP contribution in [-0.2, 0) is 7.05 Å². The predicted molar refractivity (Wildman–Crippen MR) is 115 cm³/mol. The fourth-order valence-corrected chi connectivity index (χ4v) is 3.57. The van der Waals surface area contributed by atoms with Gasteiger partial charge in [0, 0.05) is 12.6 Å². The Balaban J connectivity index is 1.76. The molecule has 0 N–H and O–H groups in total. The van der Waals surface area contributed by atoms with Gasteiger partial charge in [0.15, 0.2) is 5.82 Å². The van der Waals surface area contributed by atoms with E-state index in [0.29, 0.717) is 0 Å². The lowest BCUT2D eigenvalue weighted by Crippen LogP contribution is -1.97. The maximum atomic E-state index is 4.97. The molecule has 0 saturated heterocycles. The van der Waals surface area contributed by atoms with Gasteiger partial charge >= 0.3 is 0 Å². The summed E-state index contributed by atoms with van der Waals surface area (Å²) in [6, 6.07) is 33.2. The van der Waals surface area contributed by atoms with Crippen molar-refractivity contribution in [3.8, 4) is 33.9 Å². The van der Waals surface area contributed by atoms with Crippen LogP contribution in [0.1, 0.15) is 0 Å². The van der Waals surface area contributed by atoms with Crippen LogP contribution in [0.15, 0.2) is 97.1 Å². The molecule has 0 saturated carbocycles. The molecule has 28 heavy (non-hydrogen) atoms. The molecule has 3 aromatic carbocycles. The molecule has 3 heteroatoms. The number of fused-ring (bicyclic) bond motifs is 1. The van der Waals surface area contributed by atoms with Crippen molar-refractivity contribution in [2.24, 2.45) is 7.05 Å². The van der Waals surface area contributed by atoms with Crippen molar-refractivity contribution < 1.29 is 0 Å². The summed E-state index contributed by atoms with van der Waals surface area (Å²) in [5, 5.41) is 0. The van der Waals surface area contributed by atoms with Gasteiger partial charge < -0.3 is 4.57 Å². The Morgan fingerprint density at radius 1 is 0.571 bits per heavy atom. The molecule has 0 aliphatic heterocycles. The Kier molecular flexibility index (Phi) is 3.99. The summed E-state index contributed by atoms with van der Waals surface area (Å²) < 4.78 is 2.11. The van der Waals surface area contributed by atoms with E-state index in [0.717, 1.165) is 39.4 Å². The summed E-state index contributed by atoms with van der Waals surface area (Å²) in [4.78, 5) is 9.82. The number of hydrogen-bond acceptors (Lipinski definition) is 2. The minimum Gasteiger partial charge on any atom is -0.326 e. The number of nitrogens with zero attached hydrogens (tertiary/aromatic N) is 3. The fraction of sp³-hybridized carbons (Fsp3) is 0.0400. The van der Waals surface area contributed by atoms with Crippen molar-refractivity contribution in [3.05, 3.63) is 97.1 Å². The van der Waals surface area contributed by atoms with Gasteiger partial charge in [-0.2, -0.15) is 0 Å². The lowest BCUT2D eigenvalue weighted by atomic mass is 10.0. The molecule has 3 nitrogen and oxygen atoms in total. The number of hydrogen-bond donors (Lipinski definition) is 0. The van der Waals surface area contributed by atoms with Crippen LogP contribution >= 0.6 is 0 Å². The van der Waals surface area contributed by atoms with Crippen LogP contribution < -0.4 is 0 Å². The molecule has 2 heterocycles. The first-order valence-corrected chi connectivity index (χ1v) is 9.34. The molecule has 0 bridgehead atoms. The van der Waals surface area contributed by atoms with E-state index in [4.69, 9.17) is 9.97 Å². The molecule has 0 spiro atoms. The van der Waals surface area contributed by atoms with Crippen LogP contribution in [0.25, 0.3) is 44.9 Å². The highest BCUT2D eigenvalue weighted by Gasteiger charge is 2.14. The second kappa shape index (κ2) is 6.78. The zero-order valence-corrected chi connectivity index (χ0v) is 15.6. The summed E-state index contributed by atoms with van der Waals surface area (Å²) >= 11 is 0. The molecule has 0 aliphatic rings. The first kappa shape index (κ1) is 16.5. The highest BCUT2D eigenvalue weighted by Crippen LogP contribution is 2.30. The second-order valence-corrected chi connectivity index (χ2v) is 6.84. The molecule has 0 unspecified atom stereocenters. The normalized spacial score (nSPS) is 11.0. The Labute approximate surface area is 164 Å². The summed E-state index contributed by atoms with van der Waals surface area (Å²) in [5.41, 5.74) is 7.31. The predicted octanol–water partition coefficient (Wildman–Crippen LogP) is 5.97. The number of benzene rings is 3. The van der Waals surface area contributed by atoms with Crippen molar-refractivity contribution in [1.82, 2.24) is 14.5 Å². The highest BCUT2D eigenvalue weighted by atomic mass is 15.1. The van der Waals surface area contributed by atoms with Gasteiger partial charge in [-0.25, -0.2) is 9.97 Å². The lowest BCUT2D eigenvalue weighted by molar-refractivity contribution is 0.951. The zero-order valence-electron chi connectivity index (χ0n) is 15.6. The van der Waals surface area contributed by atoms with Gasteiger partial charge in [0.25, 0.3) is 0 Å². The molecule has 5 aromatic rings. The molecule has 134 valence electrons. The molecule has 2 aromatic heterocycles. The van der Waals surface area contributed by atoms with Crippen molar-refractivity contribution in [2.75, 3.05) is 0 Å². The number of imidazole rings is 1. The largest absolute Gasteiger partial charge is 0.326 e. The van der Waals surface area contributed by atoms with E-state index >= 15 is 0 Å². The van der Waals surface area contributed by atoms with Crippen LogP contribution in [0.5, 0.6) is 0 Å². The van der Waals surface area contributed by atoms with Crippen molar-refractivity contribution in [3.63, 3.8) is 0 Å². The van der Waals surface area contributed by atoms with Crippen LogP contribution in [0.4, 0.5) is 0 Å². The third kappa shape index (κ3) is 2.87. The number of rotatable bonds is 3. The van der Waals surface area contributed by atoms with E-state index < -0.39 is 0 Å². The van der Waals surface area contributed by atoms with E-state index in [1.807, 2.05) is 49.5 Å². The van der Waals surface area contributed by atoms with E-state index in [1.54, 1.807) is 0 Å². The van der Waals surface area contributed by atoms with Gasteiger partial charge in [-0.05, 0) is 35.4 Å². The minimum absolute atomic E-state index is 0.871. The summed E-state index contributed by atoms with van der Waals surface area (Å²) in [7, 11) is 2.05. The fourth-order valence-electron chi connectivity index (χ4n) is 3.57. The average Bonchev–Trinajstić information content (AvgIpc) is 3.11. The number of aromatic nitrogens is 3. The molecule has 0 radical (unpaired) electrons. The van der Waals surface area contributed by atoms with Gasteiger partial charge in [0.05, 0.1) is 16.7 Å². The maximum absolute atomic E-state index is 4.97. The molecule has 0 atom stereocenters. The first-order valence-electron chi connectivity index (χ1n) is 9.34. The number of pyridine rings is 1. The van der Waals surface area contributed by atoms with Gasteiger partial charge in [-0.15, -0.1) is 0 Å². The Morgan fingerprint density at radius 2 is 1.18 bits per heavy atom. The standard InChI is InChI=1S/C25H19N3/c1-28-24-15-9-8-14-21(24)27-25(28)23-17-20(18-10-4-2-5-11-18)16-22(26-23)19-12-6-3-7-13-19/h2-17H,1H3. The molecular formula is C25H19N3. The van der Waals surface area contributed by atoms with E-state index in [1.165, 1.54) is 5.56 Å². The third-order valence-electron chi connectivity index (χ3n) is 5.02. The molecule has 5 rings (SSSR count). The topological polar surface area (TPSA) is 30.7 Å². The van der Waals surface area contributed by atoms with Gasteiger partial charge in [0.2, 0.25) is 0 Å². The van der Waals surface area contributed by atoms with Crippen molar-refractivity contribution in [1.29, 1.82) is 0 Å². The molecular weight excluding hydrogens is 342 g/mol. The second-order valence-electron chi connectivity index (χ2n) is 6.84. The minimum atomic E-state index is 0.871. The van der Waals surface area contributed by atoms with Crippen molar-refractivity contribution in [2.45, 2.75) is 0 Å². The van der Waals surface area contributed by atoms with Gasteiger partial charge in [-0.1, -0.05) is 72.8 Å². The number of para-hydroxylation sites is 2. The first-order chi connectivity index (χ1) is 13.8. The quantitative estimate of drug-likeness (QED) is 0.396. The number of aryl methyl sites for hydroxylation is 1. The third-order valence-corrected chi connectivity index (χ3v) is 5.02. The zero-order chi connectivity index (χ0) is 18.9. The molecule has 0 fully saturated rings. The SMILES string of the molecule is Cn1c(-c2cc(-c3ccccc3)cc(-c3ccccc3)n2)nc2ccccc21. The Morgan fingerprint density at radius 3 is 1.89 bits per heavy atom. The van der Waals surface area contributed by atoms with E-state index in [-0.39, 0.29) is 0 Å². The van der Waals surface area contributed by atoms with Gasteiger partial charge in [-0.3, -0.25) is 0 Å². The van der Waals surface area contributed by atoms with E-state index in [9.17, 15) is 0 Å². The maximum Gasteiger partial charge on any atom is 0.159 e. The Bertz CT molecular complexity index is 1200. The van der Waals surface area contributed by atoms with Crippen LogP contribution in [0.3, 0.4) is 0 Å². The van der Waals surface area contributed by atoms with Crippen LogP contribution in [0.2, 0.25) is 0 Å². The summed E-state index contributed by atoms with van der Waals surface area (Å²) in [6.45, 7) is 0. The summed E-state index contributed by atoms with van der Waals surface area (Å²) in [6.07, 6.45) is 0. The lowest BCUT2D eigenvalue weighted by Gasteiger charge is -2.10. The molecule has 0 amide bonds. The average molecular weight is 361 g/mol. The van der Waals surface area contributed by atoms with E-state index in [2.05, 4.69) is 59.2 Å². The summed E-state index contributed by atoms with van der Waals surface area (Å²) in [5.74, 6) is 0.871. The smallest absolute Gasteiger partial charge is 0.159 e. The van der Waals surface area contributed by atoms with Crippen LogP contribution in [-0.4, -0.2) is 14.5 Å². The Hall–Kier alpha value is -3.72. The van der Waals surface area contributed by atoms with Crippen molar-refractivity contribution >= 4 is 11.0 Å². The van der Waals surface area contributed by atoms with Crippen LogP contribution in [0, 0.1) is 0 Å².